The zero-order valence-electron chi connectivity index (χ0n) is 15.5. The molecule has 1 N–H and O–H groups in total. The van der Waals surface area contributed by atoms with E-state index in [-0.39, 0.29) is 33.9 Å². The second-order valence-corrected chi connectivity index (χ2v) is 6.08. The van der Waals surface area contributed by atoms with Gasteiger partial charge in [0.2, 0.25) is 5.88 Å². The Balaban J connectivity index is 2.03. The zero-order valence-corrected chi connectivity index (χ0v) is 15.5. The highest BCUT2D eigenvalue weighted by atomic mass is 19.4. The van der Waals surface area contributed by atoms with Crippen LogP contribution in [0, 0.1) is 6.92 Å². The lowest BCUT2D eigenvalue weighted by Crippen LogP contribution is -2.19. The van der Waals surface area contributed by atoms with E-state index in [1.165, 1.54) is 39.3 Å². The van der Waals surface area contributed by atoms with Crippen molar-refractivity contribution in [3.8, 4) is 5.88 Å². The molecule has 8 nitrogen and oxygen atoms in total. The lowest BCUT2D eigenvalue weighted by atomic mass is 10.1. The molecule has 3 heterocycles. The molecule has 0 fully saturated rings. The maximum absolute atomic E-state index is 13.6. The summed E-state index contributed by atoms with van der Waals surface area (Å²) in [5.74, 6) is -0.485. The number of hydrogen-bond acceptors (Lipinski definition) is 7. The van der Waals surface area contributed by atoms with Crippen LogP contribution in [0.5, 0.6) is 5.88 Å². The van der Waals surface area contributed by atoms with Crippen LogP contribution in [0.15, 0.2) is 29.2 Å². The van der Waals surface area contributed by atoms with Gasteiger partial charge in [0.1, 0.15) is 11.9 Å². The van der Waals surface area contributed by atoms with E-state index in [2.05, 4.69) is 24.7 Å². The van der Waals surface area contributed by atoms with Crippen molar-refractivity contribution >= 4 is 17.0 Å². The smallest absolute Gasteiger partial charge is 0.433 e. The number of nitrogens with zero attached hydrogens (tertiary/aromatic N) is 3. The first-order valence-electron chi connectivity index (χ1n) is 8.30. The second kappa shape index (κ2) is 7.49. The van der Waals surface area contributed by atoms with Crippen LogP contribution in [-0.2, 0) is 10.9 Å². The zero-order chi connectivity index (χ0) is 21.3. The summed E-state index contributed by atoms with van der Waals surface area (Å²) in [4.78, 5) is 37.3. The molecule has 0 aromatic carbocycles. The predicted octanol–water partition coefficient (Wildman–Crippen LogP) is 2.97. The number of carbonyl (C=O) groups is 1. The fourth-order valence-corrected chi connectivity index (χ4v) is 2.66. The average Bonchev–Trinajstić information content (AvgIpc) is 2.66. The van der Waals surface area contributed by atoms with Crippen molar-refractivity contribution < 1.29 is 27.4 Å². The number of methoxy groups -OCH3 is 1. The minimum absolute atomic E-state index is 0.0192. The second-order valence-electron chi connectivity index (χ2n) is 6.08. The van der Waals surface area contributed by atoms with Crippen molar-refractivity contribution in [1.82, 2.24) is 19.9 Å². The summed E-state index contributed by atoms with van der Waals surface area (Å²) in [6.07, 6.45) is -4.77. The Hall–Kier alpha value is -3.50. The number of nitrogens with one attached hydrogen (secondary N) is 1. The van der Waals surface area contributed by atoms with Crippen LogP contribution in [-0.4, -0.2) is 33.0 Å². The lowest BCUT2D eigenvalue weighted by molar-refractivity contribution is -0.142. The highest BCUT2D eigenvalue weighted by molar-refractivity contribution is 5.88. The highest BCUT2D eigenvalue weighted by Crippen LogP contribution is 2.35. The van der Waals surface area contributed by atoms with Crippen molar-refractivity contribution in [2.75, 3.05) is 7.11 Å². The Labute approximate surface area is 161 Å². The number of hydrogen-bond donors (Lipinski definition) is 1. The van der Waals surface area contributed by atoms with E-state index >= 15 is 0 Å². The third-order valence-corrected chi connectivity index (χ3v) is 4.01. The van der Waals surface area contributed by atoms with Gasteiger partial charge in [0.25, 0.3) is 5.56 Å². The van der Waals surface area contributed by atoms with Crippen molar-refractivity contribution in [2.45, 2.75) is 26.1 Å². The largest absolute Gasteiger partial charge is 0.470 e. The van der Waals surface area contributed by atoms with E-state index < -0.39 is 29.5 Å². The number of rotatable bonds is 4. The Kier molecular flexibility index (Phi) is 5.23. The van der Waals surface area contributed by atoms with E-state index in [4.69, 9.17) is 4.74 Å². The maximum atomic E-state index is 13.6. The first kappa shape index (κ1) is 20.2. The molecule has 0 saturated heterocycles. The SMILES string of the molecule is COC(=O)c1ccc(OC(C)c2cc3c(=O)[nH]c(C)nc3nc2C(F)(F)F)nc1. The van der Waals surface area contributed by atoms with Crippen molar-refractivity contribution in [1.29, 1.82) is 0 Å². The molecule has 1 unspecified atom stereocenters. The Morgan fingerprint density at radius 1 is 1.24 bits per heavy atom. The molecule has 1 atom stereocenters. The van der Waals surface area contributed by atoms with Crippen LogP contribution in [0.3, 0.4) is 0 Å². The van der Waals surface area contributed by atoms with Gasteiger partial charge in [0.15, 0.2) is 11.3 Å². The third-order valence-electron chi connectivity index (χ3n) is 4.01. The first-order chi connectivity index (χ1) is 13.6. The molecular formula is C18H15F3N4O4. The number of alkyl halides is 3. The summed E-state index contributed by atoms with van der Waals surface area (Å²) in [5, 5.41) is -0.0944. The van der Waals surface area contributed by atoms with Crippen molar-refractivity contribution in [3.05, 3.63) is 57.4 Å². The Morgan fingerprint density at radius 3 is 2.55 bits per heavy atom. The molecule has 11 heteroatoms. The van der Waals surface area contributed by atoms with Crippen LogP contribution in [0.2, 0.25) is 0 Å². The molecule has 0 amide bonds. The Bertz CT molecular complexity index is 1130. The van der Waals surface area contributed by atoms with Crippen molar-refractivity contribution in [2.24, 2.45) is 0 Å². The van der Waals surface area contributed by atoms with Gasteiger partial charge in [-0.3, -0.25) is 4.79 Å². The normalized spacial score (nSPS) is 12.6. The van der Waals surface area contributed by atoms with Gasteiger partial charge in [-0.15, -0.1) is 0 Å². The summed E-state index contributed by atoms with van der Waals surface area (Å²) < 4.78 is 50.7. The maximum Gasteiger partial charge on any atom is 0.433 e. The van der Waals surface area contributed by atoms with E-state index in [9.17, 15) is 22.8 Å². The van der Waals surface area contributed by atoms with E-state index in [0.717, 1.165) is 6.07 Å². The fraction of sp³-hybridized carbons (Fsp3) is 0.278. The summed E-state index contributed by atoms with van der Waals surface area (Å²) in [6.45, 7) is 2.81. The van der Waals surface area contributed by atoms with Crippen LogP contribution < -0.4 is 10.3 Å². The predicted molar refractivity (Wildman–Crippen MR) is 94.5 cm³/mol. The standard InChI is InChI=1S/C18H15F3N4O4/c1-8(29-13-5-4-10(7-22-13)17(27)28-3)11-6-12-15(23-9(2)24-16(12)26)25-14(11)18(19,20)21/h4-8H,1-3H3,(H,23,24,25,26). The number of H-pyrrole nitrogens is 1. The molecule has 0 saturated carbocycles. The number of halogens is 3. The van der Waals surface area contributed by atoms with Crippen LogP contribution in [0.4, 0.5) is 13.2 Å². The highest BCUT2D eigenvalue weighted by Gasteiger charge is 2.38. The van der Waals surface area contributed by atoms with E-state index in [1.54, 1.807) is 0 Å². The van der Waals surface area contributed by atoms with Gasteiger partial charge in [-0.2, -0.15) is 13.2 Å². The molecule has 3 aromatic heterocycles. The molecule has 0 aliphatic carbocycles. The molecular weight excluding hydrogens is 393 g/mol. The van der Waals surface area contributed by atoms with E-state index in [1.807, 2.05) is 0 Å². The molecule has 0 aliphatic rings. The number of fused-ring (bicyclic) bond motifs is 1. The Morgan fingerprint density at radius 2 is 1.97 bits per heavy atom. The van der Waals surface area contributed by atoms with Crippen LogP contribution in [0.25, 0.3) is 11.0 Å². The van der Waals surface area contributed by atoms with E-state index in [0.29, 0.717) is 0 Å². The number of aromatic amines is 1. The molecule has 152 valence electrons. The quantitative estimate of drug-likeness (QED) is 0.662. The summed E-state index contributed by atoms with van der Waals surface area (Å²) in [5.41, 5.74) is -2.32. The fourth-order valence-electron chi connectivity index (χ4n) is 2.66. The van der Waals surface area contributed by atoms with Gasteiger partial charge in [0, 0.05) is 17.8 Å². The third kappa shape index (κ3) is 4.18. The number of carbonyl (C=O) groups excluding carboxylic acids is 1. The lowest BCUT2D eigenvalue weighted by Gasteiger charge is -2.19. The van der Waals surface area contributed by atoms with Gasteiger partial charge in [0.05, 0.1) is 18.1 Å². The molecule has 3 rings (SSSR count). The van der Waals surface area contributed by atoms with Gasteiger partial charge in [-0.1, -0.05) is 0 Å². The number of aryl methyl sites for hydroxylation is 1. The number of ether oxygens (including phenoxy) is 2. The van der Waals surface area contributed by atoms with Gasteiger partial charge >= 0.3 is 12.1 Å². The number of aromatic nitrogens is 4. The summed E-state index contributed by atoms with van der Waals surface area (Å²) >= 11 is 0. The minimum atomic E-state index is -4.79. The molecule has 0 bridgehead atoms. The molecule has 3 aromatic rings. The van der Waals surface area contributed by atoms with Gasteiger partial charge in [-0.05, 0) is 26.0 Å². The summed E-state index contributed by atoms with van der Waals surface area (Å²) in [7, 11) is 1.21. The van der Waals surface area contributed by atoms with Crippen LogP contribution >= 0.6 is 0 Å². The molecule has 0 aliphatic heterocycles. The molecule has 29 heavy (non-hydrogen) atoms. The van der Waals surface area contributed by atoms with Crippen LogP contribution in [0.1, 0.15) is 40.5 Å². The van der Waals surface area contributed by atoms with Gasteiger partial charge < -0.3 is 14.5 Å². The monoisotopic (exact) mass is 408 g/mol. The van der Waals surface area contributed by atoms with Crippen molar-refractivity contribution in [3.63, 3.8) is 0 Å². The number of esters is 1. The summed E-state index contributed by atoms with van der Waals surface area (Å²) in [6, 6.07) is 3.74. The average molecular weight is 408 g/mol. The molecule has 0 radical (unpaired) electrons. The molecule has 0 spiro atoms. The van der Waals surface area contributed by atoms with Gasteiger partial charge in [-0.25, -0.2) is 19.7 Å². The first-order valence-corrected chi connectivity index (χ1v) is 8.30. The number of pyridine rings is 2. The minimum Gasteiger partial charge on any atom is -0.470 e. The topological polar surface area (TPSA) is 107 Å².